The molecule has 0 aromatic heterocycles. The highest BCUT2D eigenvalue weighted by molar-refractivity contribution is 6.27. The summed E-state index contributed by atoms with van der Waals surface area (Å²) >= 11 is 6.26. The van der Waals surface area contributed by atoms with Gasteiger partial charge in [0.05, 0.1) is 23.7 Å². The molecule has 0 bridgehead atoms. The Bertz CT molecular complexity index is 1790. The van der Waals surface area contributed by atoms with Crippen LogP contribution in [0.15, 0.2) is 146 Å². The highest BCUT2D eigenvalue weighted by atomic mass is 35.5. The van der Waals surface area contributed by atoms with Crippen LogP contribution in [0.5, 0.6) is 0 Å². The largest absolute Gasteiger partial charge is 0.416 e. The van der Waals surface area contributed by atoms with Gasteiger partial charge in [-0.15, -0.1) is 11.6 Å². The highest BCUT2D eigenvalue weighted by Crippen LogP contribution is 2.43. The van der Waals surface area contributed by atoms with Crippen molar-refractivity contribution in [3.05, 3.63) is 179 Å². The highest BCUT2D eigenvalue weighted by Gasteiger charge is 2.58. The van der Waals surface area contributed by atoms with Crippen LogP contribution in [0.25, 0.3) is 0 Å². The van der Waals surface area contributed by atoms with E-state index in [4.69, 9.17) is 11.6 Å². The molecule has 0 aliphatic carbocycles. The summed E-state index contributed by atoms with van der Waals surface area (Å²) in [6.45, 7) is 2.02. The molecule has 1 saturated heterocycles. The van der Waals surface area contributed by atoms with Crippen LogP contribution in [-0.2, 0) is 15.8 Å². The fourth-order valence-corrected chi connectivity index (χ4v) is 7.13. The molecule has 256 valence electrons. The first kappa shape index (κ1) is 34.9. The third-order valence-electron chi connectivity index (χ3n) is 9.44. The van der Waals surface area contributed by atoms with Gasteiger partial charge in [-0.2, -0.15) is 13.2 Å². The molecule has 5 aromatic carbocycles. The van der Waals surface area contributed by atoms with E-state index in [1.807, 2.05) is 121 Å². The van der Waals surface area contributed by atoms with E-state index in [2.05, 4.69) is 10.2 Å². The fraction of sp³-hybridized carbons (Fsp3) is 0.220. The zero-order valence-electron chi connectivity index (χ0n) is 27.4. The molecule has 1 atom stereocenters. The lowest BCUT2D eigenvalue weighted by Crippen LogP contribution is -2.77. The van der Waals surface area contributed by atoms with Crippen molar-refractivity contribution in [1.29, 1.82) is 0 Å². The fourth-order valence-electron chi connectivity index (χ4n) is 7.00. The van der Waals surface area contributed by atoms with Gasteiger partial charge in [0.2, 0.25) is 11.8 Å². The maximum Gasteiger partial charge on any atom is 0.416 e. The van der Waals surface area contributed by atoms with Crippen molar-refractivity contribution in [3.8, 4) is 0 Å². The second kappa shape index (κ2) is 14.9. The Hall–Kier alpha value is -4.92. The topological polar surface area (TPSA) is 52.7 Å². The molecule has 2 amide bonds. The Labute approximate surface area is 295 Å². The Kier molecular flexibility index (Phi) is 10.4. The van der Waals surface area contributed by atoms with Crippen molar-refractivity contribution >= 4 is 23.4 Å². The number of carbonyl (C=O) groups excluding carboxylic acids is 2. The van der Waals surface area contributed by atoms with Crippen LogP contribution in [-0.4, -0.2) is 46.1 Å². The number of nitrogens with zero attached hydrogens (tertiary/aromatic N) is 2. The summed E-state index contributed by atoms with van der Waals surface area (Å²) in [5.41, 5.74) is 1.99. The normalized spacial score (nSPS) is 14.9. The van der Waals surface area contributed by atoms with E-state index in [0.29, 0.717) is 5.56 Å². The Balaban J connectivity index is 1.44. The Morgan fingerprint density at radius 3 is 1.52 bits per heavy atom. The van der Waals surface area contributed by atoms with Gasteiger partial charge in [0.1, 0.15) is 11.4 Å². The van der Waals surface area contributed by atoms with E-state index in [-0.39, 0.29) is 25.0 Å². The van der Waals surface area contributed by atoms with E-state index in [0.717, 1.165) is 34.4 Å². The van der Waals surface area contributed by atoms with Crippen LogP contribution >= 0.6 is 11.6 Å². The van der Waals surface area contributed by atoms with Gasteiger partial charge < -0.3 is 10.2 Å². The van der Waals surface area contributed by atoms with Crippen molar-refractivity contribution in [1.82, 2.24) is 15.1 Å². The van der Waals surface area contributed by atoms with Crippen LogP contribution in [0.3, 0.4) is 0 Å². The zero-order chi connectivity index (χ0) is 35.3. The minimum atomic E-state index is -4.52. The Morgan fingerprint density at radius 2 is 1.12 bits per heavy atom. The number of benzene rings is 5. The van der Waals surface area contributed by atoms with E-state index >= 15 is 4.79 Å². The van der Waals surface area contributed by atoms with Crippen LogP contribution in [0.4, 0.5) is 13.2 Å². The van der Waals surface area contributed by atoms with Gasteiger partial charge in [0.25, 0.3) is 0 Å². The number of carbonyl (C=O) groups is 2. The lowest BCUT2D eigenvalue weighted by molar-refractivity contribution is -0.165. The first-order valence-corrected chi connectivity index (χ1v) is 17.0. The predicted molar refractivity (Wildman–Crippen MR) is 189 cm³/mol. The average molecular weight is 696 g/mol. The maximum atomic E-state index is 15.0. The summed E-state index contributed by atoms with van der Waals surface area (Å²) in [6.07, 6.45) is -4.52. The molecule has 0 spiro atoms. The molecule has 50 heavy (non-hydrogen) atoms. The molecule has 9 heteroatoms. The van der Waals surface area contributed by atoms with Gasteiger partial charge in [-0.05, 0) is 46.9 Å². The van der Waals surface area contributed by atoms with E-state index in [9.17, 15) is 18.0 Å². The van der Waals surface area contributed by atoms with Crippen LogP contribution in [0, 0.1) is 0 Å². The molecule has 1 unspecified atom stereocenters. The molecule has 1 aliphatic rings. The van der Waals surface area contributed by atoms with Gasteiger partial charge >= 0.3 is 6.18 Å². The molecular formula is C41H37ClF3N3O2. The minimum absolute atomic E-state index is 0.150. The van der Waals surface area contributed by atoms with Gasteiger partial charge in [-0.1, -0.05) is 133 Å². The van der Waals surface area contributed by atoms with E-state index < -0.39 is 41.1 Å². The van der Waals surface area contributed by atoms with Crippen molar-refractivity contribution < 1.29 is 22.8 Å². The van der Waals surface area contributed by atoms with E-state index in [1.165, 1.54) is 17.0 Å². The van der Waals surface area contributed by atoms with Crippen molar-refractivity contribution in [2.75, 3.05) is 19.0 Å². The molecule has 0 radical (unpaired) electrons. The first-order valence-electron chi connectivity index (χ1n) is 16.4. The number of nitrogens with one attached hydrogen (secondary N) is 1. The number of hydrogen-bond donors (Lipinski definition) is 1. The zero-order valence-corrected chi connectivity index (χ0v) is 28.2. The maximum absolute atomic E-state index is 15.0. The van der Waals surface area contributed by atoms with Crippen LogP contribution in [0.1, 0.15) is 58.4 Å². The number of halogens is 4. The molecule has 5 aromatic rings. The first-order chi connectivity index (χ1) is 24.1. The molecule has 1 N–H and O–H groups in total. The summed E-state index contributed by atoms with van der Waals surface area (Å²) in [7, 11) is 0. The molecular weight excluding hydrogens is 659 g/mol. The van der Waals surface area contributed by atoms with Crippen LogP contribution < -0.4 is 5.32 Å². The third kappa shape index (κ3) is 7.18. The summed E-state index contributed by atoms with van der Waals surface area (Å²) in [4.78, 5) is 32.6. The smallest absolute Gasteiger partial charge is 0.343 e. The Morgan fingerprint density at radius 1 is 0.700 bits per heavy atom. The minimum Gasteiger partial charge on any atom is -0.343 e. The number of alkyl halides is 4. The molecule has 5 nitrogen and oxygen atoms in total. The molecule has 0 saturated carbocycles. The van der Waals surface area contributed by atoms with Gasteiger partial charge in [-0.3, -0.25) is 14.5 Å². The van der Waals surface area contributed by atoms with E-state index in [1.54, 1.807) is 6.92 Å². The molecule has 6 rings (SSSR count). The van der Waals surface area contributed by atoms with Gasteiger partial charge in [0, 0.05) is 13.1 Å². The van der Waals surface area contributed by atoms with Crippen molar-refractivity contribution in [2.45, 2.75) is 36.8 Å². The number of amides is 2. The molecule has 1 heterocycles. The SMILES string of the molecule is CC(c1ccc(C(F)(F)F)cc1)N(C(=O)CCl)C1(C(=O)NC(c2ccccc2)c2ccccc2)CN(C(c2ccccc2)c2ccccc2)C1. The lowest BCUT2D eigenvalue weighted by Gasteiger charge is -2.58. The quantitative estimate of drug-likeness (QED) is 0.141. The number of rotatable bonds is 11. The summed E-state index contributed by atoms with van der Waals surface area (Å²) in [5.74, 6) is -1.30. The molecule has 1 fully saturated rings. The van der Waals surface area contributed by atoms with Gasteiger partial charge in [0.15, 0.2) is 0 Å². The van der Waals surface area contributed by atoms with Crippen LogP contribution in [0.2, 0.25) is 0 Å². The van der Waals surface area contributed by atoms with Gasteiger partial charge in [-0.25, -0.2) is 0 Å². The second-order valence-electron chi connectivity index (χ2n) is 12.6. The number of likely N-dealkylation sites (tertiary alicyclic amines) is 1. The van der Waals surface area contributed by atoms with Crippen molar-refractivity contribution in [3.63, 3.8) is 0 Å². The second-order valence-corrected chi connectivity index (χ2v) is 12.8. The predicted octanol–water partition coefficient (Wildman–Crippen LogP) is 8.58. The van der Waals surface area contributed by atoms with Crippen molar-refractivity contribution in [2.24, 2.45) is 0 Å². The number of hydrogen-bond acceptors (Lipinski definition) is 3. The monoisotopic (exact) mass is 695 g/mol. The summed E-state index contributed by atoms with van der Waals surface area (Å²) in [6, 6.07) is 42.2. The third-order valence-corrected chi connectivity index (χ3v) is 9.67. The average Bonchev–Trinajstić information content (AvgIpc) is 3.13. The molecule has 1 aliphatic heterocycles. The lowest BCUT2D eigenvalue weighted by atomic mass is 9.80. The summed E-state index contributed by atoms with van der Waals surface area (Å²) in [5, 5.41) is 3.27. The standard InChI is InChI=1S/C41H37ClF3N3O2/c1-29(30-22-24-35(25-23-30)41(43,44)45)48(36(49)26-42)40(39(50)46-37(31-14-6-2-7-15-31)32-16-8-3-9-17-32)27-47(28-40)38(33-18-10-4-11-19-33)34-20-12-5-13-21-34/h2-25,29,37-38H,26-28H2,1H3,(H,46,50). The summed E-state index contributed by atoms with van der Waals surface area (Å²) < 4.78 is 40.4.